The molecule has 0 amide bonds. The van der Waals surface area contributed by atoms with Crippen LogP contribution < -0.4 is 20.1 Å². The van der Waals surface area contributed by atoms with Crippen molar-refractivity contribution in [2.75, 3.05) is 52.5 Å². The van der Waals surface area contributed by atoms with Gasteiger partial charge < -0.3 is 20.1 Å². The molecule has 2 fully saturated rings. The predicted octanol–water partition coefficient (Wildman–Crippen LogP) is 4.65. The number of hydrogen-bond acceptors (Lipinski definition) is 8. The molecule has 214 valence electrons. The number of nitrogens with zero attached hydrogens (tertiary/aromatic N) is 4. The third-order valence-corrected chi connectivity index (χ3v) is 7.97. The van der Waals surface area contributed by atoms with Gasteiger partial charge in [0.15, 0.2) is 0 Å². The van der Waals surface area contributed by atoms with E-state index < -0.39 is 0 Å². The lowest BCUT2D eigenvalue weighted by Gasteiger charge is -2.46. The number of nitrogens with one attached hydrogen (secondary N) is 2. The first-order chi connectivity index (χ1) is 19.7. The number of benzene rings is 1. The van der Waals surface area contributed by atoms with Crippen molar-refractivity contribution in [1.82, 2.24) is 30.4 Å². The minimum absolute atomic E-state index is 0.0718. The highest BCUT2D eigenvalue weighted by Gasteiger charge is 2.38. The van der Waals surface area contributed by atoms with Crippen LogP contribution in [0.5, 0.6) is 11.5 Å². The standard InChI is InChI=1S/C32H44N6O2/c1-4-39-27-16-25(18-35-20-27)30-22-33-12-8-14-37(30)32(29-11-7-6-10-24(29)3)38-15-9-13-34-23-31(38)26-17-28(40-5-2)21-36-19-26/h6-7,10-11,16-21,30-34H,4-5,8-9,12-15,22-23H2,1-3H3. The molecule has 2 atom stereocenters. The van der Waals surface area contributed by atoms with Gasteiger partial charge in [0.05, 0.1) is 43.9 Å². The first-order valence-electron chi connectivity index (χ1n) is 14.8. The van der Waals surface area contributed by atoms with Gasteiger partial charge in [0.1, 0.15) is 11.5 Å². The van der Waals surface area contributed by atoms with Crippen LogP contribution in [0.3, 0.4) is 0 Å². The van der Waals surface area contributed by atoms with Crippen molar-refractivity contribution in [3.63, 3.8) is 0 Å². The third-order valence-electron chi connectivity index (χ3n) is 7.97. The second-order valence-corrected chi connectivity index (χ2v) is 10.6. The van der Waals surface area contributed by atoms with E-state index in [1.807, 2.05) is 38.6 Å². The fourth-order valence-corrected chi connectivity index (χ4v) is 6.15. The lowest BCUT2D eigenvalue weighted by atomic mass is 9.97. The summed E-state index contributed by atoms with van der Waals surface area (Å²) in [4.78, 5) is 14.6. The summed E-state index contributed by atoms with van der Waals surface area (Å²) in [5.41, 5.74) is 5.03. The molecule has 0 radical (unpaired) electrons. The van der Waals surface area contributed by atoms with E-state index in [-0.39, 0.29) is 18.2 Å². The van der Waals surface area contributed by atoms with Crippen molar-refractivity contribution >= 4 is 0 Å². The van der Waals surface area contributed by atoms with Crippen molar-refractivity contribution in [2.45, 2.75) is 51.9 Å². The van der Waals surface area contributed by atoms with E-state index >= 15 is 0 Å². The van der Waals surface area contributed by atoms with Gasteiger partial charge in [-0.2, -0.15) is 0 Å². The molecule has 5 rings (SSSR count). The van der Waals surface area contributed by atoms with Gasteiger partial charge in [-0.25, -0.2) is 0 Å². The smallest absolute Gasteiger partial charge is 0.137 e. The van der Waals surface area contributed by atoms with Gasteiger partial charge in [-0.15, -0.1) is 0 Å². The van der Waals surface area contributed by atoms with Crippen LogP contribution in [0, 0.1) is 6.92 Å². The normalized spacial score (nSPS) is 21.8. The summed E-state index contributed by atoms with van der Waals surface area (Å²) in [6.07, 6.45) is 9.88. The average Bonchev–Trinajstić information content (AvgIpc) is 3.37. The lowest BCUT2D eigenvalue weighted by molar-refractivity contribution is -0.0105. The van der Waals surface area contributed by atoms with Crippen molar-refractivity contribution in [2.24, 2.45) is 0 Å². The molecule has 3 aromatic rings. The molecular weight excluding hydrogens is 500 g/mol. The highest BCUT2D eigenvalue weighted by molar-refractivity contribution is 5.33. The largest absolute Gasteiger partial charge is 0.492 e. The van der Waals surface area contributed by atoms with E-state index in [4.69, 9.17) is 9.47 Å². The first-order valence-corrected chi connectivity index (χ1v) is 14.8. The zero-order valence-electron chi connectivity index (χ0n) is 24.2. The monoisotopic (exact) mass is 544 g/mol. The van der Waals surface area contributed by atoms with Crippen LogP contribution in [0.1, 0.15) is 67.2 Å². The molecule has 0 spiro atoms. The maximum Gasteiger partial charge on any atom is 0.137 e. The Balaban J connectivity index is 1.62. The van der Waals surface area contributed by atoms with Crippen LogP contribution in [-0.2, 0) is 0 Å². The zero-order chi connectivity index (χ0) is 27.7. The van der Waals surface area contributed by atoms with E-state index in [9.17, 15) is 0 Å². The van der Waals surface area contributed by atoms with E-state index in [2.05, 4.69) is 73.7 Å². The Labute approximate surface area is 239 Å². The molecular formula is C32H44N6O2. The summed E-state index contributed by atoms with van der Waals surface area (Å²) in [5, 5.41) is 7.42. The minimum Gasteiger partial charge on any atom is -0.492 e. The second-order valence-electron chi connectivity index (χ2n) is 10.6. The molecule has 8 nitrogen and oxygen atoms in total. The molecule has 2 N–H and O–H groups in total. The van der Waals surface area contributed by atoms with Gasteiger partial charge in [0, 0.05) is 38.6 Å². The van der Waals surface area contributed by atoms with Crippen molar-refractivity contribution in [3.05, 3.63) is 83.4 Å². The fraction of sp³-hybridized carbons (Fsp3) is 0.500. The zero-order valence-corrected chi connectivity index (χ0v) is 24.2. The number of rotatable bonds is 9. The van der Waals surface area contributed by atoms with E-state index in [0.717, 1.165) is 63.6 Å². The van der Waals surface area contributed by atoms with Gasteiger partial charge in [-0.1, -0.05) is 24.3 Å². The number of pyridine rings is 2. The first kappa shape index (κ1) is 28.5. The summed E-state index contributed by atoms with van der Waals surface area (Å²) in [6.45, 7) is 13.2. The molecule has 2 aliphatic rings. The molecule has 0 saturated carbocycles. The number of aryl methyl sites for hydroxylation is 1. The maximum atomic E-state index is 5.87. The predicted molar refractivity (Wildman–Crippen MR) is 159 cm³/mol. The van der Waals surface area contributed by atoms with Crippen LogP contribution in [0.4, 0.5) is 0 Å². The Morgan fingerprint density at radius 1 is 0.800 bits per heavy atom. The molecule has 1 aromatic carbocycles. The van der Waals surface area contributed by atoms with Crippen LogP contribution >= 0.6 is 0 Å². The summed E-state index contributed by atoms with van der Waals surface area (Å²) >= 11 is 0. The molecule has 4 heterocycles. The summed E-state index contributed by atoms with van der Waals surface area (Å²) in [6, 6.07) is 13.5. The SMILES string of the molecule is CCOc1cncc(C2CNCCCN2C(c2ccccc2C)N2CCCNCC2c2cncc(OCC)c2)c1. The highest BCUT2D eigenvalue weighted by Crippen LogP contribution is 2.41. The molecule has 2 aliphatic heterocycles. The minimum atomic E-state index is 0.0718. The fourth-order valence-electron chi connectivity index (χ4n) is 6.15. The second kappa shape index (κ2) is 14.0. The van der Waals surface area contributed by atoms with Crippen LogP contribution in [0.15, 0.2) is 61.2 Å². The van der Waals surface area contributed by atoms with Crippen molar-refractivity contribution in [3.8, 4) is 11.5 Å². The third kappa shape index (κ3) is 6.63. The highest BCUT2D eigenvalue weighted by atomic mass is 16.5. The quantitative estimate of drug-likeness (QED) is 0.403. The van der Waals surface area contributed by atoms with E-state index in [0.29, 0.717) is 13.2 Å². The van der Waals surface area contributed by atoms with Gasteiger partial charge >= 0.3 is 0 Å². The summed E-state index contributed by atoms with van der Waals surface area (Å²) in [5.74, 6) is 1.65. The average molecular weight is 545 g/mol. The number of hydrogen-bond donors (Lipinski definition) is 2. The van der Waals surface area contributed by atoms with Crippen LogP contribution in [0.2, 0.25) is 0 Å². The van der Waals surface area contributed by atoms with Crippen LogP contribution in [-0.4, -0.2) is 72.3 Å². The Morgan fingerprint density at radius 2 is 1.32 bits per heavy atom. The molecule has 8 heteroatoms. The Kier molecular flexibility index (Phi) is 10.00. The Hall–Kier alpha value is -3.04. The van der Waals surface area contributed by atoms with Crippen molar-refractivity contribution < 1.29 is 9.47 Å². The summed E-state index contributed by atoms with van der Waals surface area (Å²) in [7, 11) is 0. The van der Waals surface area contributed by atoms with E-state index in [1.54, 1.807) is 0 Å². The Bertz CT molecular complexity index is 1150. The van der Waals surface area contributed by atoms with E-state index in [1.165, 1.54) is 22.3 Å². The molecule has 2 saturated heterocycles. The van der Waals surface area contributed by atoms with Gasteiger partial charge in [0.2, 0.25) is 0 Å². The number of ether oxygens (including phenoxy) is 2. The molecule has 0 bridgehead atoms. The number of aromatic nitrogens is 2. The maximum absolute atomic E-state index is 5.87. The molecule has 2 aromatic heterocycles. The Morgan fingerprint density at radius 3 is 1.82 bits per heavy atom. The van der Waals surface area contributed by atoms with Crippen molar-refractivity contribution in [1.29, 1.82) is 0 Å². The topological polar surface area (TPSA) is 74.8 Å². The summed E-state index contributed by atoms with van der Waals surface area (Å²) < 4.78 is 11.7. The molecule has 40 heavy (non-hydrogen) atoms. The van der Waals surface area contributed by atoms with Gasteiger partial charge in [-0.05, 0) is 81.1 Å². The molecule has 2 unspecified atom stereocenters. The van der Waals surface area contributed by atoms with Gasteiger partial charge in [-0.3, -0.25) is 19.8 Å². The molecule has 0 aliphatic carbocycles. The lowest BCUT2D eigenvalue weighted by Crippen LogP contribution is -2.47. The van der Waals surface area contributed by atoms with Gasteiger partial charge in [0.25, 0.3) is 0 Å². The van der Waals surface area contributed by atoms with Crippen LogP contribution in [0.25, 0.3) is 0 Å².